The lowest BCUT2D eigenvalue weighted by Crippen LogP contribution is -2.01. The zero-order chi connectivity index (χ0) is 12.5. The number of anilines is 1. The van der Waals surface area contributed by atoms with Crippen molar-refractivity contribution in [2.75, 3.05) is 26.1 Å². The Balaban J connectivity index is 2.30. The maximum atomic E-state index is 8.63. The first kappa shape index (κ1) is 13.6. The number of aliphatic hydroxyl groups is 1. The number of ether oxygens (including phenoxy) is 2. The highest BCUT2D eigenvalue weighted by atomic mass is 16.5. The van der Waals surface area contributed by atoms with Crippen LogP contribution in [0.1, 0.15) is 25.7 Å². The predicted molar refractivity (Wildman–Crippen MR) is 68.5 cm³/mol. The Kier molecular flexibility index (Phi) is 6.25. The fraction of sp³-hybridized carbons (Fsp3) is 0.538. The van der Waals surface area contributed by atoms with Crippen LogP contribution in [-0.4, -0.2) is 25.4 Å². The molecule has 0 aliphatic rings. The minimum atomic E-state index is 0.268. The molecule has 96 valence electrons. The molecule has 0 saturated carbocycles. The van der Waals surface area contributed by atoms with Crippen LogP contribution in [0.5, 0.6) is 11.5 Å². The van der Waals surface area contributed by atoms with E-state index in [0.29, 0.717) is 18.0 Å². The smallest absolute Gasteiger partial charge is 0.145 e. The molecule has 0 unspecified atom stereocenters. The third-order valence-corrected chi connectivity index (χ3v) is 2.53. The van der Waals surface area contributed by atoms with Gasteiger partial charge in [0.2, 0.25) is 0 Å². The first-order valence-corrected chi connectivity index (χ1v) is 5.95. The number of hydrogen-bond donors (Lipinski definition) is 2. The summed E-state index contributed by atoms with van der Waals surface area (Å²) in [5.74, 6) is 1.42. The fourth-order valence-electron chi connectivity index (χ4n) is 1.52. The third-order valence-electron chi connectivity index (χ3n) is 2.53. The van der Waals surface area contributed by atoms with Gasteiger partial charge in [-0.3, -0.25) is 0 Å². The average Bonchev–Trinajstić information content (AvgIpc) is 2.35. The quantitative estimate of drug-likeness (QED) is 0.539. The van der Waals surface area contributed by atoms with Crippen molar-refractivity contribution in [2.45, 2.75) is 25.7 Å². The molecule has 0 atom stereocenters. The van der Waals surface area contributed by atoms with Crippen molar-refractivity contribution in [3.8, 4) is 11.5 Å². The normalized spacial score (nSPS) is 10.2. The summed E-state index contributed by atoms with van der Waals surface area (Å²) in [4.78, 5) is 0. The Labute approximate surface area is 102 Å². The van der Waals surface area contributed by atoms with Crippen molar-refractivity contribution in [3.05, 3.63) is 18.2 Å². The van der Waals surface area contributed by atoms with Gasteiger partial charge in [-0.2, -0.15) is 0 Å². The van der Waals surface area contributed by atoms with E-state index in [1.165, 1.54) is 0 Å². The van der Waals surface area contributed by atoms with Crippen LogP contribution in [0, 0.1) is 0 Å². The van der Waals surface area contributed by atoms with E-state index < -0.39 is 0 Å². The molecule has 0 radical (unpaired) electrons. The van der Waals surface area contributed by atoms with Gasteiger partial charge in [-0.1, -0.05) is 6.42 Å². The summed E-state index contributed by atoms with van der Waals surface area (Å²) in [6, 6.07) is 5.38. The standard InChI is InChI=1S/C13H21NO3/c1-16-11-6-7-12(14)13(10-11)17-9-5-3-2-4-8-15/h6-7,10,15H,2-5,8-9,14H2,1H3. The van der Waals surface area contributed by atoms with Crippen LogP contribution in [0.4, 0.5) is 5.69 Å². The largest absolute Gasteiger partial charge is 0.497 e. The Morgan fingerprint density at radius 2 is 1.94 bits per heavy atom. The molecule has 0 bridgehead atoms. The van der Waals surface area contributed by atoms with E-state index in [0.717, 1.165) is 31.4 Å². The van der Waals surface area contributed by atoms with E-state index in [1.54, 1.807) is 19.2 Å². The number of unbranched alkanes of at least 4 members (excludes halogenated alkanes) is 3. The lowest BCUT2D eigenvalue weighted by molar-refractivity contribution is 0.273. The van der Waals surface area contributed by atoms with Crippen molar-refractivity contribution in [3.63, 3.8) is 0 Å². The van der Waals surface area contributed by atoms with E-state index in [2.05, 4.69) is 0 Å². The van der Waals surface area contributed by atoms with E-state index >= 15 is 0 Å². The van der Waals surface area contributed by atoms with Crippen molar-refractivity contribution in [1.29, 1.82) is 0 Å². The minimum absolute atomic E-state index is 0.268. The Bertz CT molecular complexity index is 328. The molecule has 1 aromatic carbocycles. The molecular formula is C13H21NO3. The van der Waals surface area contributed by atoms with Crippen molar-refractivity contribution in [1.82, 2.24) is 0 Å². The molecule has 0 spiro atoms. The van der Waals surface area contributed by atoms with Crippen LogP contribution in [0.25, 0.3) is 0 Å². The molecule has 3 N–H and O–H groups in total. The van der Waals surface area contributed by atoms with Crippen LogP contribution in [-0.2, 0) is 0 Å². The number of methoxy groups -OCH3 is 1. The highest BCUT2D eigenvalue weighted by Gasteiger charge is 2.02. The molecule has 0 fully saturated rings. The number of aliphatic hydroxyl groups excluding tert-OH is 1. The average molecular weight is 239 g/mol. The summed E-state index contributed by atoms with van der Waals surface area (Å²) in [7, 11) is 1.62. The van der Waals surface area contributed by atoms with Gasteiger partial charge in [0.15, 0.2) is 0 Å². The van der Waals surface area contributed by atoms with Gasteiger partial charge in [-0.05, 0) is 31.4 Å². The van der Waals surface area contributed by atoms with Gasteiger partial charge >= 0.3 is 0 Å². The molecule has 1 aromatic rings. The van der Waals surface area contributed by atoms with Gasteiger partial charge < -0.3 is 20.3 Å². The molecule has 4 heteroatoms. The monoisotopic (exact) mass is 239 g/mol. The summed E-state index contributed by atoms with van der Waals surface area (Å²) in [5, 5.41) is 8.63. The second-order valence-corrected chi connectivity index (χ2v) is 3.89. The number of nitrogens with two attached hydrogens (primary N) is 1. The molecule has 17 heavy (non-hydrogen) atoms. The van der Waals surface area contributed by atoms with Crippen LogP contribution in [0.3, 0.4) is 0 Å². The Morgan fingerprint density at radius 3 is 2.65 bits per heavy atom. The molecule has 0 aliphatic carbocycles. The summed E-state index contributed by atoms with van der Waals surface area (Å²) < 4.78 is 10.7. The highest BCUT2D eigenvalue weighted by Crippen LogP contribution is 2.26. The van der Waals surface area contributed by atoms with E-state index in [4.69, 9.17) is 20.3 Å². The summed E-state index contributed by atoms with van der Waals surface area (Å²) >= 11 is 0. The highest BCUT2D eigenvalue weighted by molar-refractivity contribution is 5.55. The number of benzene rings is 1. The van der Waals surface area contributed by atoms with E-state index in [9.17, 15) is 0 Å². The topological polar surface area (TPSA) is 64.7 Å². The zero-order valence-corrected chi connectivity index (χ0v) is 10.3. The van der Waals surface area contributed by atoms with Gasteiger partial charge in [0.25, 0.3) is 0 Å². The summed E-state index contributed by atoms with van der Waals surface area (Å²) in [6.07, 6.45) is 3.93. The maximum absolute atomic E-state index is 8.63. The first-order chi connectivity index (χ1) is 8.27. The van der Waals surface area contributed by atoms with Crippen LogP contribution in [0.15, 0.2) is 18.2 Å². The maximum Gasteiger partial charge on any atom is 0.145 e. The summed E-state index contributed by atoms with van der Waals surface area (Å²) in [5.41, 5.74) is 6.42. The molecule has 0 aromatic heterocycles. The lowest BCUT2D eigenvalue weighted by atomic mass is 10.2. The lowest BCUT2D eigenvalue weighted by Gasteiger charge is -2.10. The predicted octanol–water partition coefficient (Wildman–Crippen LogP) is 2.21. The number of rotatable bonds is 8. The van der Waals surface area contributed by atoms with Crippen molar-refractivity contribution >= 4 is 5.69 Å². The number of nitrogen functional groups attached to an aromatic ring is 1. The molecule has 0 amide bonds. The minimum Gasteiger partial charge on any atom is -0.497 e. The second kappa shape index (κ2) is 7.79. The van der Waals surface area contributed by atoms with Gasteiger partial charge in [0.1, 0.15) is 11.5 Å². The second-order valence-electron chi connectivity index (χ2n) is 3.89. The first-order valence-electron chi connectivity index (χ1n) is 5.95. The number of hydrogen-bond acceptors (Lipinski definition) is 4. The Hall–Kier alpha value is -1.42. The SMILES string of the molecule is COc1ccc(N)c(OCCCCCCO)c1. The molecule has 0 heterocycles. The van der Waals surface area contributed by atoms with Gasteiger partial charge in [0, 0.05) is 12.7 Å². The summed E-state index contributed by atoms with van der Waals surface area (Å²) in [6.45, 7) is 0.909. The molecular weight excluding hydrogens is 218 g/mol. The molecule has 4 nitrogen and oxygen atoms in total. The van der Waals surface area contributed by atoms with E-state index in [1.807, 2.05) is 6.07 Å². The van der Waals surface area contributed by atoms with Crippen molar-refractivity contribution in [2.24, 2.45) is 0 Å². The third kappa shape index (κ3) is 4.95. The van der Waals surface area contributed by atoms with Crippen LogP contribution >= 0.6 is 0 Å². The zero-order valence-electron chi connectivity index (χ0n) is 10.3. The van der Waals surface area contributed by atoms with Crippen LogP contribution < -0.4 is 15.2 Å². The van der Waals surface area contributed by atoms with Gasteiger partial charge in [-0.25, -0.2) is 0 Å². The van der Waals surface area contributed by atoms with Crippen molar-refractivity contribution < 1.29 is 14.6 Å². The Morgan fingerprint density at radius 1 is 1.18 bits per heavy atom. The molecule has 0 saturated heterocycles. The van der Waals surface area contributed by atoms with Gasteiger partial charge in [-0.15, -0.1) is 0 Å². The molecule has 0 aliphatic heterocycles. The van der Waals surface area contributed by atoms with Crippen LogP contribution in [0.2, 0.25) is 0 Å². The van der Waals surface area contributed by atoms with Gasteiger partial charge in [0.05, 0.1) is 19.4 Å². The molecule has 1 rings (SSSR count). The fourth-order valence-corrected chi connectivity index (χ4v) is 1.52. The van der Waals surface area contributed by atoms with E-state index in [-0.39, 0.29) is 6.61 Å².